The zero-order valence-electron chi connectivity index (χ0n) is 32.9. The van der Waals surface area contributed by atoms with E-state index in [9.17, 15) is 19.4 Å². The van der Waals surface area contributed by atoms with E-state index in [-0.39, 0.29) is 19.1 Å². The minimum Gasteiger partial charge on any atom is -0.387 e. The summed E-state index contributed by atoms with van der Waals surface area (Å²) < 4.78 is 23.3. The molecule has 0 bridgehead atoms. The molecule has 0 saturated carbocycles. The number of quaternary nitrogens is 1. The number of amides is 1. The molecule has 0 rings (SSSR count). The number of rotatable bonds is 37. The van der Waals surface area contributed by atoms with Crippen LogP contribution >= 0.6 is 7.82 Å². The van der Waals surface area contributed by atoms with Crippen LogP contribution in [0.2, 0.25) is 0 Å². The van der Waals surface area contributed by atoms with Gasteiger partial charge in [-0.1, -0.05) is 174 Å². The number of allylic oxidation sites excluding steroid dienone is 1. The highest BCUT2D eigenvalue weighted by Gasteiger charge is 2.27. The molecule has 1 amide bonds. The van der Waals surface area contributed by atoms with Crippen molar-refractivity contribution in [3.8, 4) is 0 Å². The third kappa shape index (κ3) is 35.4. The summed E-state index contributed by atoms with van der Waals surface area (Å²) >= 11 is 0. The number of nitrogens with zero attached hydrogens (tertiary/aromatic N) is 1. The van der Waals surface area contributed by atoms with Crippen LogP contribution in [0.4, 0.5) is 0 Å². The van der Waals surface area contributed by atoms with Crippen molar-refractivity contribution in [1.82, 2.24) is 5.32 Å². The van der Waals surface area contributed by atoms with E-state index in [1.165, 1.54) is 122 Å². The summed E-state index contributed by atoms with van der Waals surface area (Å²) in [5.74, 6) is -0.180. The second-order valence-corrected chi connectivity index (χ2v) is 16.8. The second-order valence-electron chi connectivity index (χ2n) is 15.4. The molecule has 0 aromatic rings. The maximum absolute atomic E-state index is 12.7. The Morgan fingerprint density at radius 3 is 1.51 bits per heavy atom. The van der Waals surface area contributed by atoms with Crippen molar-refractivity contribution in [1.29, 1.82) is 0 Å². The van der Waals surface area contributed by atoms with Crippen LogP contribution in [-0.2, 0) is 18.4 Å². The van der Waals surface area contributed by atoms with Gasteiger partial charge in [0.15, 0.2) is 0 Å². The van der Waals surface area contributed by atoms with Gasteiger partial charge in [-0.25, -0.2) is 4.57 Å². The van der Waals surface area contributed by atoms with Crippen molar-refractivity contribution >= 4 is 13.7 Å². The summed E-state index contributed by atoms with van der Waals surface area (Å²) in [6.45, 7) is 4.74. The van der Waals surface area contributed by atoms with E-state index in [0.717, 1.165) is 44.9 Å². The Labute approximate surface area is 303 Å². The summed E-state index contributed by atoms with van der Waals surface area (Å²) in [6, 6.07) is -0.836. The first-order valence-corrected chi connectivity index (χ1v) is 22.1. The van der Waals surface area contributed by atoms with Crippen molar-refractivity contribution in [2.75, 3.05) is 40.9 Å². The molecule has 0 aromatic carbocycles. The van der Waals surface area contributed by atoms with Crippen molar-refractivity contribution in [2.45, 2.75) is 199 Å². The molecule has 3 N–H and O–H groups in total. The number of unbranched alkanes of at least 4 members (excludes halogenated alkanes) is 24. The van der Waals surface area contributed by atoms with Gasteiger partial charge in [0.1, 0.15) is 13.2 Å². The molecule has 9 heteroatoms. The Morgan fingerprint density at radius 2 is 1.08 bits per heavy atom. The molecular weight excluding hydrogens is 635 g/mol. The lowest BCUT2D eigenvalue weighted by molar-refractivity contribution is -0.870. The topological polar surface area (TPSA) is 105 Å². The first-order chi connectivity index (χ1) is 23.5. The average molecular weight is 718 g/mol. The molecule has 0 aliphatic heterocycles. The zero-order chi connectivity index (χ0) is 36.5. The van der Waals surface area contributed by atoms with Gasteiger partial charge in [0.25, 0.3) is 0 Å². The fraction of sp³-hybridized carbons (Fsp3) is 0.925. The van der Waals surface area contributed by atoms with Gasteiger partial charge in [-0.3, -0.25) is 13.8 Å². The first-order valence-electron chi connectivity index (χ1n) is 20.6. The van der Waals surface area contributed by atoms with Crippen LogP contribution in [0.1, 0.15) is 187 Å². The Morgan fingerprint density at radius 1 is 0.673 bits per heavy atom. The van der Waals surface area contributed by atoms with Gasteiger partial charge < -0.3 is 19.8 Å². The first kappa shape index (κ1) is 48.2. The number of hydrogen-bond acceptors (Lipinski definition) is 5. The molecule has 0 aliphatic rings. The number of hydrogen-bond donors (Lipinski definition) is 3. The molecule has 0 spiro atoms. The van der Waals surface area contributed by atoms with Crippen LogP contribution in [0.15, 0.2) is 12.2 Å². The van der Waals surface area contributed by atoms with E-state index >= 15 is 0 Å². The number of nitrogens with one attached hydrogen (secondary N) is 1. The fourth-order valence-electron chi connectivity index (χ4n) is 5.92. The van der Waals surface area contributed by atoms with Crippen molar-refractivity contribution in [3.05, 3.63) is 12.2 Å². The maximum atomic E-state index is 12.7. The molecule has 0 radical (unpaired) electrons. The number of phosphoric ester groups is 1. The average Bonchev–Trinajstić information content (AvgIpc) is 3.04. The van der Waals surface area contributed by atoms with E-state index in [2.05, 4.69) is 19.2 Å². The standard InChI is InChI=1S/C40H81N2O6P/c1-6-8-10-12-14-15-16-17-18-19-20-21-22-23-24-25-26-27-28-30-32-34-40(44)41-38(39(43)33-31-29-13-11-9-7-2)37-48-49(45,46)47-36-35-42(3,4)5/h31,33,38-39,43H,6-30,32,34-37H2,1-5H3,(H-,41,44,45,46)/p+1/b33-31+. The summed E-state index contributed by atoms with van der Waals surface area (Å²) in [5.41, 5.74) is 0. The molecule has 0 saturated heterocycles. The van der Waals surface area contributed by atoms with Gasteiger partial charge in [0, 0.05) is 6.42 Å². The molecule has 0 aliphatic carbocycles. The Bertz CT molecular complexity index is 819. The molecule has 8 nitrogen and oxygen atoms in total. The second kappa shape index (κ2) is 33.1. The van der Waals surface area contributed by atoms with Crippen LogP contribution in [0.5, 0.6) is 0 Å². The lowest BCUT2D eigenvalue weighted by Crippen LogP contribution is -2.45. The zero-order valence-corrected chi connectivity index (χ0v) is 33.8. The van der Waals surface area contributed by atoms with Crippen molar-refractivity contribution < 1.29 is 32.9 Å². The quantitative estimate of drug-likeness (QED) is 0.0256. The van der Waals surface area contributed by atoms with Gasteiger partial charge >= 0.3 is 7.82 Å². The SMILES string of the molecule is CCCCCC/C=C/C(O)C(COP(=O)(O)OCC[N+](C)(C)C)NC(=O)CCCCCCCCCCCCCCCCCCCCCCC. The number of phosphoric acid groups is 1. The van der Waals surface area contributed by atoms with Crippen LogP contribution in [0.3, 0.4) is 0 Å². The molecule has 292 valence electrons. The smallest absolute Gasteiger partial charge is 0.387 e. The van der Waals surface area contributed by atoms with Gasteiger partial charge in [0.2, 0.25) is 5.91 Å². The lowest BCUT2D eigenvalue weighted by Gasteiger charge is -2.25. The lowest BCUT2D eigenvalue weighted by atomic mass is 10.0. The number of aliphatic hydroxyl groups excluding tert-OH is 1. The number of aliphatic hydroxyl groups is 1. The third-order valence-electron chi connectivity index (χ3n) is 9.26. The highest BCUT2D eigenvalue weighted by molar-refractivity contribution is 7.47. The Hall–Kier alpha value is -0.760. The van der Waals surface area contributed by atoms with Crippen molar-refractivity contribution in [3.63, 3.8) is 0 Å². The predicted octanol–water partition coefficient (Wildman–Crippen LogP) is 10.8. The number of carbonyl (C=O) groups excluding carboxylic acids is 1. The monoisotopic (exact) mass is 718 g/mol. The van der Waals surface area contributed by atoms with E-state index in [0.29, 0.717) is 17.4 Å². The largest absolute Gasteiger partial charge is 0.472 e. The van der Waals surface area contributed by atoms with Gasteiger partial charge in [-0.05, 0) is 19.3 Å². The number of carbonyl (C=O) groups is 1. The summed E-state index contributed by atoms with van der Waals surface area (Å²) in [5, 5.41) is 13.6. The van der Waals surface area contributed by atoms with E-state index < -0.39 is 20.0 Å². The minimum absolute atomic E-state index is 0.0635. The third-order valence-corrected chi connectivity index (χ3v) is 10.2. The van der Waals surface area contributed by atoms with Gasteiger partial charge in [0.05, 0.1) is 39.9 Å². The van der Waals surface area contributed by atoms with Gasteiger partial charge in [-0.2, -0.15) is 0 Å². The summed E-state index contributed by atoms with van der Waals surface area (Å²) in [7, 11) is 1.57. The predicted molar refractivity (Wildman–Crippen MR) is 208 cm³/mol. The molecule has 49 heavy (non-hydrogen) atoms. The summed E-state index contributed by atoms with van der Waals surface area (Å²) in [6.07, 6.45) is 36.0. The molecule has 0 heterocycles. The Kier molecular flexibility index (Phi) is 32.6. The van der Waals surface area contributed by atoms with Crippen LogP contribution < -0.4 is 5.32 Å². The highest BCUT2D eigenvalue weighted by Crippen LogP contribution is 2.43. The number of likely N-dealkylation sites (N-methyl/N-ethyl adjacent to an activating group) is 1. The van der Waals surface area contributed by atoms with Gasteiger partial charge in [-0.15, -0.1) is 0 Å². The van der Waals surface area contributed by atoms with E-state index in [1.807, 2.05) is 27.2 Å². The summed E-state index contributed by atoms with van der Waals surface area (Å²) in [4.78, 5) is 22.9. The molecule has 3 unspecified atom stereocenters. The maximum Gasteiger partial charge on any atom is 0.472 e. The fourth-order valence-corrected chi connectivity index (χ4v) is 6.66. The molecular formula is C40H82N2O6P+. The van der Waals surface area contributed by atoms with Crippen LogP contribution in [0, 0.1) is 0 Å². The Balaban J connectivity index is 4.12. The molecule has 3 atom stereocenters. The van der Waals surface area contributed by atoms with Crippen LogP contribution in [0.25, 0.3) is 0 Å². The van der Waals surface area contributed by atoms with E-state index in [1.54, 1.807) is 6.08 Å². The highest BCUT2D eigenvalue weighted by atomic mass is 31.2. The van der Waals surface area contributed by atoms with E-state index in [4.69, 9.17) is 9.05 Å². The molecule has 0 aromatic heterocycles. The molecule has 0 fully saturated rings. The normalized spacial score (nSPS) is 14.7. The minimum atomic E-state index is -4.32. The van der Waals surface area contributed by atoms with Crippen LogP contribution in [-0.4, -0.2) is 73.4 Å². The van der Waals surface area contributed by atoms with Crippen molar-refractivity contribution in [2.24, 2.45) is 0 Å².